The smallest absolute Gasteiger partial charge is 0.244 e. The van der Waals surface area contributed by atoms with Gasteiger partial charge in [0.15, 0.2) is 10.7 Å². The molecule has 7 nitrogen and oxygen atoms in total. The first kappa shape index (κ1) is 10.1. The van der Waals surface area contributed by atoms with Crippen LogP contribution in [0.2, 0.25) is 0 Å². The molecule has 0 saturated carbocycles. The van der Waals surface area contributed by atoms with Crippen LogP contribution in [-0.4, -0.2) is 27.8 Å². The normalized spacial score (nSPS) is 12.1. The van der Waals surface area contributed by atoms with Gasteiger partial charge < -0.3 is 0 Å². The Morgan fingerprint density at radius 1 is 1.33 bits per heavy atom. The Labute approximate surface area is 88.3 Å². The van der Waals surface area contributed by atoms with E-state index in [1.54, 1.807) is 0 Å². The molecule has 0 bridgehead atoms. The molecular formula is C6H5ClN4O3S. The summed E-state index contributed by atoms with van der Waals surface area (Å²) < 4.78 is 23.8. The summed E-state index contributed by atoms with van der Waals surface area (Å²) in [6.45, 7) is 0. The Morgan fingerprint density at radius 2 is 2.00 bits per heavy atom. The monoisotopic (exact) mass is 248 g/mol. The second kappa shape index (κ2) is 3.04. The standard InChI is InChI=1S/C6H5ClN4O3S/c1-10-6(12)11-4(8-10)2-3-5(9-11)15(7,13)14/h2-3H,1H3. The molecule has 2 rings (SSSR count). The lowest BCUT2D eigenvalue weighted by atomic mass is 10.6. The van der Waals surface area contributed by atoms with E-state index in [-0.39, 0.29) is 10.7 Å². The molecule has 0 N–H and O–H groups in total. The molecule has 2 heterocycles. The Hall–Kier alpha value is -1.41. The van der Waals surface area contributed by atoms with Crippen molar-refractivity contribution in [1.82, 2.24) is 19.4 Å². The number of aryl methyl sites for hydroxylation is 1. The number of hydrogen-bond acceptors (Lipinski definition) is 5. The highest BCUT2D eigenvalue weighted by molar-refractivity contribution is 8.13. The van der Waals surface area contributed by atoms with Gasteiger partial charge in [0.25, 0.3) is 9.05 Å². The predicted octanol–water partition coefficient (Wildman–Crippen LogP) is -0.644. The summed E-state index contributed by atoms with van der Waals surface area (Å²) >= 11 is 0. The van der Waals surface area contributed by atoms with E-state index in [0.717, 1.165) is 9.20 Å². The maximum absolute atomic E-state index is 11.4. The van der Waals surface area contributed by atoms with Crippen LogP contribution in [0.3, 0.4) is 0 Å². The molecule has 15 heavy (non-hydrogen) atoms. The van der Waals surface area contributed by atoms with Gasteiger partial charge in [0, 0.05) is 17.7 Å². The molecule has 80 valence electrons. The van der Waals surface area contributed by atoms with Crippen LogP contribution in [-0.2, 0) is 16.1 Å². The van der Waals surface area contributed by atoms with Gasteiger partial charge in [0.2, 0.25) is 0 Å². The average molecular weight is 249 g/mol. The van der Waals surface area contributed by atoms with Crippen LogP contribution in [0.4, 0.5) is 0 Å². The zero-order chi connectivity index (χ0) is 11.2. The average Bonchev–Trinajstić information content (AvgIpc) is 2.41. The summed E-state index contributed by atoms with van der Waals surface area (Å²) in [4.78, 5) is 11.4. The van der Waals surface area contributed by atoms with Gasteiger partial charge in [-0.3, -0.25) is 0 Å². The summed E-state index contributed by atoms with van der Waals surface area (Å²) in [5.41, 5.74) is -0.279. The largest absolute Gasteiger partial charge is 0.366 e. The van der Waals surface area contributed by atoms with Crippen molar-refractivity contribution in [3.05, 3.63) is 22.6 Å². The molecule has 9 heteroatoms. The number of nitrogens with zero attached hydrogens (tertiary/aromatic N) is 4. The Kier molecular flexibility index (Phi) is 2.05. The molecule has 0 aliphatic carbocycles. The van der Waals surface area contributed by atoms with E-state index in [4.69, 9.17) is 10.7 Å². The Balaban J connectivity index is 2.87. The fourth-order valence-corrected chi connectivity index (χ4v) is 1.74. The van der Waals surface area contributed by atoms with Gasteiger partial charge in [0.05, 0.1) is 0 Å². The lowest BCUT2D eigenvalue weighted by Crippen LogP contribution is -2.20. The van der Waals surface area contributed by atoms with Crippen LogP contribution in [0, 0.1) is 0 Å². The van der Waals surface area contributed by atoms with Crippen LogP contribution >= 0.6 is 10.7 Å². The number of hydrogen-bond donors (Lipinski definition) is 0. The third kappa shape index (κ3) is 1.61. The summed E-state index contributed by atoms with van der Waals surface area (Å²) in [5, 5.41) is 6.99. The summed E-state index contributed by atoms with van der Waals surface area (Å²) in [6.07, 6.45) is 0. The first-order chi connectivity index (χ1) is 6.89. The fraction of sp³-hybridized carbons (Fsp3) is 0.167. The molecule has 0 aliphatic rings. The van der Waals surface area contributed by atoms with Gasteiger partial charge in [-0.2, -0.15) is 4.52 Å². The van der Waals surface area contributed by atoms with E-state index >= 15 is 0 Å². The van der Waals surface area contributed by atoms with Crippen LogP contribution in [0.1, 0.15) is 0 Å². The predicted molar refractivity (Wildman–Crippen MR) is 51.3 cm³/mol. The molecule has 0 atom stereocenters. The van der Waals surface area contributed by atoms with E-state index in [0.29, 0.717) is 0 Å². The van der Waals surface area contributed by atoms with Crippen molar-refractivity contribution in [3.8, 4) is 0 Å². The highest BCUT2D eigenvalue weighted by atomic mass is 35.7. The minimum absolute atomic E-state index is 0.256. The number of fused-ring (bicyclic) bond motifs is 1. The van der Waals surface area contributed by atoms with Crippen LogP contribution in [0.15, 0.2) is 22.0 Å². The molecule has 2 aromatic rings. The second-order valence-corrected chi connectivity index (χ2v) is 5.30. The van der Waals surface area contributed by atoms with E-state index in [9.17, 15) is 13.2 Å². The van der Waals surface area contributed by atoms with Gasteiger partial charge in [0.1, 0.15) is 0 Å². The number of rotatable bonds is 1. The van der Waals surface area contributed by atoms with Crippen molar-refractivity contribution in [2.45, 2.75) is 5.03 Å². The molecule has 0 aliphatic heterocycles. The Bertz CT molecular complexity index is 686. The molecule has 0 saturated heterocycles. The Morgan fingerprint density at radius 3 is 2.60 bits per heavy atom. The van der Waals surface area contributed by atoms with Gasteiger partial charge in [-0.1, -0.05) is 0 Å². The molecule has 0 amide bonds. The molecule has 0 radical (unpaired) electrons. The summed E-state index contributed by atoms with van der Waals surface area (Å²) in [7, 11) is 2.58. The fourth-order valence-electron chi connectivity index (χ4n) is 1.08. The highest BCUT2D eigenvalue weighted by Gasteiger charge is 2.14. The molecule has 0 aromatic carbocycles. The van der Waals surface area contributed by atoms with Crippen LogP contribution in [0.5, 0.6) is 0 Å². The third-order valence-electron chi connectivity index (χ3n) is 1.75. The van der Waals surface area contributed by atoms with Crippen molar-refractivity contribution in [3.63, 3.8) is 0 Å². The molecular weight excluding hydrogens is 244 g/mol. The highest BCUT2D eigenvalue weighted by Crippen LogP contribution is 2.10. The van der Waals surface area contributed by atoms with Crippen molar-refractivity contribution < 1.29 is 8.42 Å². The van der Waals surface area contributed by atoms with E-state index in [1.807, 2.05) is 0 Å². The SMILES string of the molecule is Cn1nc2ccc(S(=O)(=O)Cl)nn2c1=O. The van der Waals surface area contributed by atoms with Gasteiger partial charge in [-0.25, -0.2) is 17.9 Å². The number of aromatic nitrogens is 4. The van der Waals surface area contributed by atoms with Gasteiger partial charge in [-0.05, 0) is 12.1 Å². The molecule has 0 unspecified atom stereocenters. The summed E-state index contributed by atoms with van der Waals surface area (Å²) in [6, 6.07) is 2.54. The molecule has 2 aromatic heterocycles. The number of halogens is 1. The van der Waals surface area contributed by atoms with Crippen molar-refractivity contribution in [1.29, 1.82) is 0 Å². The maximum atomic E-state index is 11.4. The third-order valence-corrected chi connectivity index (χ3v) is 2.94. The molecule has 0 fully saturated rings. The quantitative estimate of drug-likeness (QED) is 0.627. The summed E-state index contributed by atoms with van der Waals surface area (Å²) in [5.74, 6) is 0. The minimum Gasteiger partial charge on any atom is -0.244 e. The van der Waals surface area contributed by atoms with E-state index < -0.39 is 14.7 Å². The second-order valence-electron chi connectivity index (χ2n) is 2.79. The minimum atomic E-state index is -3.94. The zero-order valence-electron chi connectivity index (χ0n) is 7.45. The molecule has 0 spiro atoms. The zero-order valence-corrected chi connectivity index (χ0v) is 9.03. The maximum Gasteiger partial charge on any atom is 0.366 e. The first-order valence-corrected chi connectivity index (χ1v) is 6.08. The van der Waals surface area contributed by atoms with Crippen molar-refractivity contribution >= 4 is 25.4 Å². The van der Waals surface area contributed by atoms with Crippen LogP contribution < -0.4 is 5.69 Å². The topological polar surface area (TPSA) is 86.3 Å². The van der Waals surface area contributed by atoms with E-state index in [2.05, 4.69) is 10.2 Å². The lowest BCUT2D eigenvalue weighted by molar-refractivity contribution is 0.601. The van der Waals surface area contributed by atoms with Gasteiger partial charge in [-0.15, -0.1) is 10.2 Å². The first-order valence-electron chi connectivity index (χ1n) is 3.77. The lowest BCUT2D eigenvalue weighted by Gasteiger charge is -1.93. The van der Waals surface area contributed by atoms with Crippen molar-refractivity contribution in [2.75, 3.05) is 0 Å². The van der Waals surface area contributed by atoms with Gasteiger partial charge >= 0.3 is 5.69 Å². The van der Waals surface area contributed by atoms with Crippen LogP contribution in [0.25, 0.3) is 5.65 Å². The van der Waals surface area contributed by atoms with Crippen molar-refractivity contribution in [2.24, 2.45) is 7.05 Å². The van der Waals surface area contributed by atoms with E-state index in [1.165, 1.54) is 19.2 Å².